The van der Waals surface area contributed by atoms with E-state index in [1.807, 2.05) is 0 Å². The second-order valence-electron chi connectivity index (χ2n) is 11.8. The van der Waals surface area contributed by atoms with E-state index in [1.54, 1.807) is 0 Å². The van der Waals surface area contributed by atoms with Crippen LogP contribution in [0.3, 0.4) is 0 Å². The van der Waals surface area contributed by atoms with Gasteiger partial charge in [-0.3, -0.25) is 4.79 Å². The predicted octanol–water partition coefficient (Wildman–Crippen LogP) is 4.67. The number of anilines is 2. The van der Waals surface area contributed by atoms with Gasteiger partial charge in [0, 0.05) is 50.0 Å². The maximum Gasteiger partial charge on any atom is 0.304 e. The second kappa shape index (κ2) is 11.6. The number of aliphatic carboxylic acids is 1. The van der Waals surface area contributed by atoms with Crippen LogP contribution < -0.4 is 10.2 Å². The summed E-state index contributed by atoms with van der Waals surface area (Å²) in [6.45, 7) is 7.27. The van der Waals surface area contributed by atoms with E-state index in [2.05, 4.69) is 45.4 Å². The molecule has 4 aliphatic rings. The monoisotopic (exact) mass is 518 g/mol. The van der Waals surface area contributed by atoms with Crippen LogP contribution in [-0.2, 0) is 22.4 Å². The predicted molar refractivity (Wildman–Crippen MR) is 150 cm³/mol. The second-order valence-corrected chi connectivity index (χ2v) is 11.8. The topological polar surface area (TPSA) is 77.9 Å². The summed E-state index contributed by atoms with van der Waals surface area (Å²) in [6.07, 6.45) is 8.34. The minimum Gasteiger partial charge on any atom is -0.481 e. The maximum atomic E-state index is 11.9. The lowest BCUT2D eigenvalue weighted by Gasteiger charge is -2.31. The summed E-state index contributed by atoms with van der Waals surface area (Å²) in [5.41, 5.74) is 6.37. The minimum absolute atomic E-state index is 0.0122. The quantitative estimate of drug-likeness (QED) is 0.473. The SMILES string of the molecule is O=C(O)C[C@H](CN1CCC(CCc2ccc3c(n2)NCCC3)C1)c1cc(C2CC2)cc(N2CCOCC2)c1. The Balaban J connectivity index is 1.11. The summed E-state index contributed by atoms with van der Waals surface area (Å²) >= 11 is 0. The molecule has 1 aromatic carbocycles. The van der Waals surface area contributed by atoms with Gasteiger partial charge < -0.3 is 25.0 Å². The molecule has 7 heteroatoms. The highest BCUT2D eigenvalue weighted by Crippen LogP contribution is 2.43. The van der Waals surface area contributed by atoms with Gasteiger partial charge in [0.2, 0.25) is 0 Å². The number of carbonyl (C=O) groups is 1. The smallest absolute Gasteiger partial charge is 0.304 e. The molecule has 2 atom stereocenters. The van der Waals surface area contributed by atoms with E-state index in [0.717, 1.165) is 77.6 Å². The Morgan fingerprint density at radius 2 is 2.00 bits per heavy atom. The number of nitrogens with zero attached hydrogens (tertiary/aromatic N) is 3. The maximum absolute atomic E-state index is 11.9. The number of benzene rings is 1. The first-order valence-electron chi connectivity index (χ1n) is 14.7. The summed E-state index contributed by atoms with van der Waals surface area (Å²) in [5, 5.41) is 13.3. The lowest BCUT2D eigenvalue weighted by molar-refractivity contribution is -0.137. The molecule has 38 heavy (non-hydrogen) atoms. The van der Waals surface area contributed by atoms with Crippen LogP contribution in [0.2, 0.25) is 0 Å². The summed E-state index contributed by atoms with van der Waals surface area (Å²) in [6, 6.07) is 11.4. The number of rotatable bonds is 10. The Labute approximate surface area is 226 Å². The van der Waals surface area contributed by atoms with E-state index in [1.165, 1.54) is 53.8 Å². The Kier molecular flexibility index (Phi) is 7.84. The molecule has 3 fully saturated rings. The van der Waals surface area contributed by atoms with Crippen molar-refractivity contribution in [3.8, 4) is 0 Å². The van der Waals surface area contributed by atoms with Crippen LogP contribution in [0, 0.1) is 5.92 Å². The standard InChI is InChI=1S/C31H42N4O3/c36-30(37)19-27(26-16-25(23-4-5-23)17-29(18-26)35-12-14-38-15-13-35)21-34-11-9-22(20-34)3-7-28-8-6-24-2-1-10-32-31(24)33-28/h6,8,16-18,22-23,27H,1-5,7,9-15,19-21H2,(H,32,33)(H,36,37)/t22?,27-/m1/s1. The van der Waals surface area contributed by atoms with Crippen LogP contribution >= 0.6 is 0 Å². The van der Waals surface area contributed by atoms with E-state index in [-0.39, 0.29) is 12.3 Å². The van der Waals surface area contributed by atoms with Gasteiger partial charge >= 0.3 is 5.97 Å². The zero-order valence-electron chi connectivity index (χ0n) is 22.5. The fourth-order valence-electron chi connectivity index (χ4n) is 6.54. The van der Waals surface area contributed by atoms with Gasteiger partial charge in [-0.25, -0.2) is 4.98 Å². The number of hydrogen-bond donors (Lipinski definition) is 2. The van der Waals surface area contributed by atoms with Crippen LogP contribution in [-0.4, -0.2) is 73.4 Å². The molecule has 2 aromatic rings. The molecule has 3 aliphatic heterocycles. The molecule has 2 N–H and O–H groups in total. The Hall–Kier alpha value is -2.64. The van der Waals surface area contributed by atoms with Crippen molar-refractivity contribution in [2.45, 2.75) is 63.2 Å². The largest absolute Gasteiger partial charge is 0.481 e. The number of fused-ring (bicyclic) bond motifs is 1. The first kappa shape index (κ1) is 25.6. The van der Waals surface area contributed by atoms with Crippen LogP contribution in [0.15, 0.2) is 30.3 Å². The molecule has 204 valence electrons. The van der Waals surface area contributed by atoms with E-state index >= 15 is 0 Å². The Bertz CT molecular complexity index is 1130. The summed E-state index contributed by atoms with van der Waals surface area (Å²) in [5.74, 6) is 1.68. The number of aromatic nitrogens is 1. The molecule has 1 saturated carbocycles. The molecule has 2 saturated heterocycles. The van der Waals surface area contributed by atoms with Crippen molar-refractivity contribution >= 4 is 17.5 Å². The van der Waals surface area contributed by atoms with Gasteiger partial charge in [-0.1, -0.05) is 12.1 Å². The van der Waals surface area contributed by atoms with E-state index in [9.17, 15) is 9.90 Å². The molecule has 0 spiro atoms. The molecule has 4 heterocycles. The van der Waals surface area contributed by atoms with Crippen LogP contribution in [0.5, 0.6) is 0 Å². The fourth-order valence-corrected chi connectivity index (χ4v) is 6.54. The lowest BCUT2D eigenvalue weighted by atomic mass is 9.91. The van der Waals surface area contributed by atoms with Gasteiger partial charge in [-0.2, -0.15) is 0 Å². The van der Waals surface area contributed by atoms with Crippen molar-refractivity contribution in [1.82, 2.24) is 9.88 Å². The lowest BCUT2D eigenvalue weighted by Crippen LogP contribution is -2.36. The number of carboxylic acid groups (broad SMARTS) is 1. The molecule has 6 rings (SSSR count). The summed E-state index contributed by atoms with van der Waals surface area (Å²) in [4.78, 5) is 21.8. The number of ether oxygens (including phenoxy) is 1. The van der Waals surface area contributed by atoms with Crippen molar-refractivity contribution < 1.29 is 14.6 Å². The fraction of sp³-hybridized carbons (Fsp3) is 0.613. The number of likely N-dealkylation sites (tertiary alicyclic amines) is 1. The molecule has 1 aliphatic carbocycles. The third-order valence-electron chi connectivity index (χ3n) is 8.89. The van der Waals surface area contributed by atoms with E-state index in [0.29, 0.717) is 11.8 Å². The van der Waals surface area contributed by atoms with Crippen molar-refractivity contribution in [1.29, 1.82) is 0 Å². The molecule has 0 bridgehead atoms. The van der Waals surface area contributed by atoms with Gasteiger partial charge in [0.25, 0.3) is 0 Å². The third kappa shape index (κ3) is 6.32. The molecule has 1 aromatic heterocycles. The number of carboxylic acids is 1. The molecular weight excluding hydrogens is 476 g/mol. The van der Waals surface area contributed by atoms with Crippen molar-refractivity contribution in [2.75, 3.05) is 62.7 Å². The summed E-state index contributed by atoms with van der Waals surface area (Å²) in [7, 11) is 0. The van der Waals surface area contributed by atoms with Crippen molar-refractivity contribution in [3.63, 3.8) is 0 Å². The molecule has 0 radical (unpaired) electrons. The molecule has 1 unspecified atom stereocenters. The van der Waals surface area contributed by atoms with Crippen LogP contribution in [0.25, 0.3) is 0 Å². The van der Waals surface area contributed by atoms with E-state index < -0.39 is 5.97 Å². The third-order valence-corrected chi connectivity index (χ3v) is 8.89. The minimum atomic E-state index is -0.706. The highest BCUT2D eigenvalue weighted by Gasteiger charge is 2.30. The zero-order valence-corrected chi connectivity index (χ0v) is 22.5. The number of aryl methyl sites for hydroxylation is 2. The van der Waals surface area contributed by atoms with Crippen molar-refractivity contribution in [3.05, 3.63) is 52.7 Å². The van der Waals surface area contributed by atoms with Crippen LogP contribution in [0.4, 0.5) is 11.5 Å². The van der Waals surface area contributed by atoms with Crippen LogP contribution in [0.1, 0.15) is 72.7 Å². The number of hydrogen-bond acceptors (Lipinski definition) is 6. The Morgan fingerprint density at radius 1 is 1.13 bits per heavy atom. The van der Waals surface area contributed by atoms with Gasteiger partial charge in [0.1, 0.15) is 5.82 Å². The number of nitrogens with one attached hydrogen (secondary N) is 1. The first-order chi connectivity index (χ1) is 18.6. The average Bonchev–Trinajstić information content (AvgIpc) is 3.71. The van der Waals surface area contributed by atoms with E-state index in [4.69, 9.17) is 9.72 Å². The zero-order chi connectivity index (χ0) is 25.9. The Morgan fingerprint density at radius 3 is 2.82 bits per heavy atom. The highest BCUT2D eigenvalue weighted by atomic mass is 16.5. The van der Waals surface area contributed by atoms with Gasteiger partial charge in [-0.05, 0) is 98.2 Å². The molecule has 7 nitrogen and oxygen atoms in total. The number of pyridine rings is 1. The first-order valence-corrected chi connectivity index (χ1v) is 14.7. The molecule has 0 amide bonds. The summed E-state index contributed by atoms with van der Waals surface area (Å²) < 4.78 is 5.58. The van der Waals surface area contributed by atoms with Crippen molar-refractivity contribution in [2.24, 2.45) is 5.92 Å². The highest BCUT2D eigenvalue weighted by molar-refractivity contribution is 5.68. The normalized spacial score (nSPS) is 22.6. The van der Waals surface area contributed by atoms with Gasteiger partial charge in [0.05, 0.1) is 19.6 Å². The average molecular weight is 519 g/mol. The van der Waals surface area contributed by atoms with Gasteiger partial charge in [0.15, 0.2) is 0 Å². The number of morpholine rings is 1. The van der Waals surface area contributed by atoms with Gasteiger partial charge in [-0.15, -0.1) is 0 Å². The molecular formula is C31H42N4O3.